The average Bonchev–Trinajstić information content (AvgIpc) is 2.99. The van der Waals surface area contributed by atoms with Crippen molar-refractivity contribution in [3.05, 3.63) is 47.5 Å². The molecule has 5 heteroatoms. The lowest BCUT2D eigenvalue weighted by molar-refractivity contribution is 0.356. The second-order valence-corrected chi connectivity index (χ2v) is 4.49. The summed E-state index contributed by atoms with van der Waals surface area (Å²) in [5.41, 5.74) is 6.26. The molecule has 1 atom stereocenters. The molecule has 0 saturated heterocycles. The Morgan fingerprint density at radius 1 is 1.50 bits per heavy atom. The molecule has 1 unspecified atom stereocenters. The summed E-state index contributed by atoms with van der Waals surface area (Å²) in [6.45, 7) is 0.769. The van der Waals surface area contributed by atoms with Gasteiger partial charge in [-0.1, -0.05) is 6.07 Å². The Morgan fingerprint density at radius 2 is 2.39 bits per heavy atom. The van der Waals surface area contributed by atoms with Crippen molar-refractivity contribution in [2.24, 2.45) is 12.9 Å². The molecule has 5 nitrogen and oxygen atoms in total. The van der Waals surface area contributed by atoms with Crippen molar-refractivity contribution in [2.75, 3.05) is 6.61 Å². The van der Waals surface area contributed by atoms with E-state index in [2.05, 4.69) is 16.5 Å². The van der Waals surface area contributed by atoms with Crippen molar-refractivity contribution in [1.29, 1.82) is 0 Å². The first kappa shape index (κ1) is 11.3. The predicted molar refractivity (Wildman–Crippen MR) is 68.0 cm³/mol. The van der Waals surface area contributed by atoms with Gasteiger partial charge in [0.05, 0.1) is 30.9 Å². The van der Waals surface area contributed by atoms with E-state index in [1.807, 2.05) is 29.9 Å². The lowest BCUT2D eigenvalue weighted by Crippen LogP contribution is -2.30. The van der Waals surface area contributed by atoms with Crippen LogP contribution in [0.4, 0.5) is 0 Å². The Morgan fingerprint density at radius 3 is 3.11 bits per heavy atom. The smallest absolute Gasteiger partial charge is 0.122 e. The third kappa shape index (κ3) is 1.77. The van der Waals surface area contributed by atoms with Gasteiger partial charge >= 0.3 is 0 Å². The van der Waals surface area contributed by atoms with Gasteiger partial charge in [0, 0.05) is 13.5 Å². The highest BCUT2D eigenvalue weighted by molar-refractivity contribution is 5.42. The number of nitrogens with zero attached hydrogens (tertiary/aromatic N) is 2. The number of ether oxygens (including phenoxy) is 1. The average molecular weight is 244 g/mol. The molecule has 1 aliphatic heterocycles. The first-order chi connectivity index (χ1) is 8.79. The summed E-state index contributed by atoms with van der Waals surface area (Å²) in [5, 5.41) is 0. The van der Waals surface area contributed by atoms with E-state index in [4.69, 9.17) is 10.6 Å². The minimum Gasteiger partial charge on any atom is -0.493 e. The molecule has 0 bridgehead atoms. The topological polar surface area (TPSA) is 65.1 Å². The van der Waals surface area contributed by atoms with Crippen molar-refractivity contribution in [1.82, 2.24) is 15.0 Å². The lowest BCUT2D eigenvalue weighted by atomic mass is 10.0. The van der Waals surface area contributed by atoms with Crippen molar-refractivity contribution < 1.29 is 4.74 Å². The van der Waals surface area contributed by atoms with E-state index < -0.39 is 0 Å². The second kappa shape index (κ2) is 4.44. The highest BCUT2D eigenvalue weighted by Gasteiger charge is 2.19. The van der Waals surface area contributed by atoms with E-state index in [1.165, 1.54) is 5.56 Å². The highest BCUT2D eigenvalue weighted by atomic mass is 16.5. The summed E-state index contributed by atoms with van der Waals surface area (Å²) in [5.74, 6) is 6.67. The third-order valence-electron chi connectivity index (χ3n) is 3.36. The van der Waals surface area contributed by atoms with Crippen LogP contribution in [0.1, 0.15) is 22.9 Å². The number of hydrazine groups is 1. The van der Waals surface area contributed by atoms with Crippen LogP contribution >= 0.6 is 0 Å². The zero-order chi connectivity index (χ0) is 12.5. The van der Waals surface area contributed by atoms with Gasteiger partial charge in [-0.15, -0.1) is 0 Å². The molecule has 2 heterocycles. The summed E-state index contributed by atoms with van der Waals surface area (Å²) >= 11 is 0. The molecule has 1 aromatic heterocycles. The fourth-order valence-corrected chi connectivity index (χ4v) is 2.38. The quantitative estimate of drug-likeness (QED) is 0.622. The molecule has 0 fully saturated rings. The maximum Gasteiger partial charge on any atom is 0.122 e. The van der Waals surface area contributed by atoms with Crippen LogP contribution in [0.3, 0.4) is 0 Å². The van der Waals surface area contributed by atoms with Crippen LogP contribution in [0.2, 0.25) is 0 Å². The first-order valence-electron chi connectivity index (χ1n) is 5.97. The summed E-state index contributed by atoms with van der Waals surface area (Å²) in [7, 11) is 1.96. The normalized spacial score (nSPS) is 15.2. The lowest BCUT2D eigenvalue weighted by Gasteiger charge is -2.17. The summed E-state index contributed by atoms with van der Waals surface area (Å²) in [6, 6.07) is 6.16. The molecular weight excluding hydrogens is 228 g/mol. The molecule has 0 aliphatic carbocycles. The SMILES string of the molecule is Cn1cncc1C(NN)c1ccc2c(c1)CCO2. The summed E-state index contributed by atoms with van der Waals surface area (Å²) in [6.07, 6.45) is 4.57. The Kier molecular flexibility index (Phi) is 2.77. The van der Waals surface area contributed by atoms with Gasteiger partial charge in [0.25, 0.3) is 0 Å². The molecule has 2 aromatic rings. The van der Waals surface area contributed by atoms with Crippen molar-refractivity contribution in [2.45, 2.75) is 12.5 Å². The molecule has 0 radical (unpaired) electrons. The Bertz CT molecular complexity index is 564. The summed E-state index contributed by atoms with van der Waals surface area (Å²) < 4.78 is 7.48. The molecule has 18 heavy (non-hydrogen) atoms. The van der Waals surface area contributed by atoms with Gasteiger partial charge in [-0.3, -0.25) is 5.84 Å². The maximum atomic E-state index is 5.69. The highest BCUT2D eigenvalue weighted by Crippen LogP contribution is 2.30. The molecule has 0 amide bonds. The molecule has 1 aromatic carbocycles. The zero-order valence-electron chi connectivity index (χ0n) is 10.3. The van der Waals surface area contributed by atoms with E-state index in [1.54, 1.807) is 6.33 Å². The van der Waals surface area contributed by atoms with E-state index in [0.29, 0.717) is 0 Å². The van der Waals surface area contributed by atoms with Crippen molar-refractivity contribution in [3.8, 4) is 5.75 Å². The molecule has 3 N–H and O–H groups in total. The van der Waals surface area contributed by atoms with Gasteiger partial charge < -0.3 is 9.30 Å². The number of aryl methyl sites for hydroxylation is 1. The largest absolute Gasteiger partial charge is 0.493 e. The van der Waals surface area contributed by atoms with Gasteiger partial charge in [-0.05, 0) is 23.3 Å². The third-order valence-corrected chi connectivity index (χ3v) is 3.36. The number of benzene rings is 1. The number of nitrogens with one attached hydrogen (secondary N) is 1. The number of aromatic nitrogens is 2. The molecular formula is C13H16N4O. The van der Waals surface area contributed by atoms with Gasteiger partial charge in [0.1, 0.15) is 5.75 Å². The van der Waals surface area contributed by atoms with Crippen LogP contribution in [0.15, 0.2) is 30.7 Å². The number of hydrogen-bond donors (Lipinski definition) is 2. The van der Waals surface area contributed by atoms with E-state index in [-0.39, 0.29) is 6.04 Å². The number of rotatable bonds is 3. The van der Waals surface area contributed by atoms with E-state index >= 15 is 0 Å². The number of nitrogens with two attached hydrogens (primary N) is 1. The second-order valence-electron chi connectivity index (χ2n) is 4.49. The molecule has 3 rings (SSSR count). The zero-order valence-corrected chi connectivity index (χ0v) is 10.3. The van der Waals surface area contributed by atoms with Crippen molar-refractivity contribution >= 4 is 0 Å². The number of fused-ring (bicyclic) bond motifs is 1. The fraction of sp³-hybridized carbons (Fsp3) is 0.308. The molecule has 0 spiro atoms. The fourth-order valence-electron chi connectivity index (χ4n) is 2.38. The number of imidazole rings is 1. The van der Waals surface area contributed by atoms with Crippen LogP contribution < -0.4 is 16.0 Å². The number of hydrogen-bond acceptors (Lipinski definition) is 4. The standard InChI is InChI=1S/C13H16N4O/c1-17-8-15-7-11(17)13(16-14)10-2-3-12-9(6-10)4-5-18-12/h2-3,6-8,13,16H,4-5,14H2,1H3. The first-order valence-corrected chi connectivity index (χ1v) is 5.97. The minimum atomic E-state index is -0.0524. The van der Waals surface area contributed by atoms with E-state index in [0.717, 1.165) is 30.0 Å². The van der Waals surface area contributed by atoms with Gasteiger partial charge in [-0.2, -0.15) is 0 Å². The van der Waals surface area contributed by atoms with Gasteiger partial charge in [0.15, 0.2) is 0 Å². The predicted octanol–water partition coefficient (Wildman–Crippen LogP) is 0.908. The van der Waals surface area contributed by atoms with Crippen LogP contribution in [0.25, 0.3) is 0 Å². The monoisotopic (exact) mass is 244 g/mol. The Balaban J connectivity index is 2.00. The minimum absolute atomic E-state index is 0.0524. The molecule has 94 valence electrons. The summed E-state index contributed by atoms with van der Waals surface area (Å²) in [4.78, 5) is 4.13. The van der Waals surface area contributed by atoms with Crippen LogP contribution in [0.5, 0.6) is 5.75 Å². The van der Waals surface area contributed by atoms with Gasteiger partial charge in [0.2, 0.25) is 0 Å². The van der Waals surface area contributed by atoms with E-state index in [9.17, 15) is 0 Å². The molecule has 0 saturated carbocycles. The van der Waals surface area contributed by atoms with Gasteiger partial charge in [-0.25, -0.2) is 10.4 Å². The molecule has 1 aliphatic rings. The Labute approximate surface area is 106 Å². The maximum absolute atomic E-state index is 5.69. The van der Waals surface area contributed by atoms with Crippen molar-refractivity contribution in [3.63, 3.8) is 0 Å². The van der Waals surface area contributed by atoms with Crippen LogP contribution in [-0.4, -0.2) is 16.2 Å². The van der Waals surface area contributed by atoms with Crippen LogP contribution in [-0.2, 0) is 13.5 Å². The Hall–Kier alpha value is -1.85. The van der Waals surface area contributed by atoms with Crippen LogP contribution in [0, 0.1) is 0 Å².